The standard InChI is InChI=1S/C23H37N7O5S2/c1-37-11-9-16(20(32)29-17(22(34)35)8-5-10-27-23(25)26)28-21(33)18(13-36)30-19(31)15(24)12-14-6-3-2-4-7-14/h2-4,6-7,15-18,36H,5,8-13,24H2,1H3,(H,28,33)(H,29,32)(H,30,31)(H,34,35)(H4,25,26,27). The molecule has 206 valence electrons. The van der Waals surface area contributed by atoms with Crippen molar-refractivity contribution < 1.29 is 24.3 Å². The average Bonchev–Trinajstić information content (AvgIpc) is 2.86. The third-order valence-corrected chi connectivity index (χ3v) is 6.26. The van der Waals surface area contributed by atoms with Crippen LogP contribution in [-0.4, -0.2) is 83.2 Å². The van der Waals surface area contributed by atoms with Crippen molar-refractivity contribution in [3.63, 3.8) is 0 Å². The molecule has 0 saturated heterocycles. The summed E-state index contributed by atoms with van der Waals surface area (Å²) in [7, 11) is 0. The van der Waals surface area contributed by atoms with E-state index in [-0.39, 0.29) is 37.5 Å². The van der Waals surface area contributed by atoms with E-state index in [1.165, 1.54) is 11.8 Å². The van der Waals surface area contributed by atoms with E-state index in [9.17, 15) is 24.3 Å². The highest BCUT2D eigenvalue weighted by atomic mass is 32.2. The number of benzene rings is 1. The lowest BCUT2D eigenvalue weighted by Crippen LogP contribution is -2.58. The second-order valence-electron chi connectivity index (χ2n) is 8.23. The molecule has 0 fully saturated rings. The lowest BCUT2D eigenvalue weighted by atomic mass is 10.1. The molecule has 4 atom stereocenters. The molecule has 0 aliphatic carbocycles. The van der Waals surface area contributed by atoms with Gasteiger partial charge in [-0.15, -0.1) is 0 Å². The zero-order valence-electron chi connectivity index (χ0n) is 20.8. The first-order valence-corrected chi connectivity index (χ1v) is 13.7. The molecule has 4 unspecified atom stereocenters. The number of amides is 3. The van der Waals surface area contributed by atoms with Gasteiger partial charge >= 0.3 is 5.97 Å². The van der Waals surface area contributed by atoms with Gasteiger partial charge < -0.3 is 38.3 Å². The van der Waals surface area contributed by atoms with Gasteiger partial charge in [-0.05, 0) is 43.3 Å². The number of hydrogen-bond donors (Lipinski definition) is 8. The Morgan fingerprint density at radius 1 is 0.973 bits per heavy atom. The third kappa shape index (κ3) is 12.7. The Hall–Kier alpha value is -2.97. The van der Waals surface area contributed by atoms with Gasteiger partial charge in [-0.25, -0.2) is 4.79 Å². The van der Waals surface area contributed by atoms with E-state index in [0.29, 0.717) is 12.2 Å². The van der Waals surface area contributed by atoms with Crippen LogP contribution in [0.5, 0.6) is 0 Å². The summed E-state index contributed by atoms with van der Waals surface area (Å²) < 4.78 is 0. The molecule has 1 aromatic carbocycles. The molecule has 1 rings (SSSR count). The maximum Gasteiger partial charge on any atom is 0.326 e. The molecule has 0 bridgehead atoms. The van der Waals surface area contributed by atoms with E-state index in [1.807, 2.05) is 36.6 Å². The fourth-order valence-corrected chi connectivity index (χ4v) is 3.97. The number of aliphatic carboxylic acids is 1. The Labute approximate surface area is 226 Å². The predicted octanol–water partition coefficient (Wildman–Crippen LogP) is -1.17. The Morgan fingerprint density at radius 3 is 2.14 bits per heavy atom. The van der Waals surface area contributed by atoms with Gasteiger partial charge in [0.25, 0.3) is 0 Å². The fourth-order valence-electron chi connectivity index (χ4n) is 3.24. The average molecular weight is 556 g/mol. The minimum Gasteiger partial charge on any atom is -0.480 e. The van der Waals surface area contributed by atoms with Crippen LogP contribution in [0.2, 0.25) is 0 Å². The largest absolute Gasteiger partial charge is 0.480 e. The second kappa shape index (κ2) is 17.5. The van der Waals surface area contributed by atoms with Crippen LogP contribution in [0, 0.1) is 0 Å². The van der Waals surface area contributed by atoms with Crippen molar-refractivity contribution in [2.24, 2.45) is 22.2 Å². The monoisotopic (exact) mass is 555 g/mol. The van der Waals surface area contributed by atoms with Gasteiger partial charge in [0.1, 0.15) is 18.1 Å². The van der Waals surface area contributed by atoms with Crippen LogP contribution in [0.15, 0.2) is 35.3 Å². The molecule has 0 saturated carbocycles. The molecule has 0 heterocycles. The summed E-state index contributed by atoms with van der Waals surface area (Å²) in [6.07, 6.45) is 2.79. The molecule has 0 aliphatic heterocycles. The maximum atomic E-state index is 12.9. The van der Waals surface area contributed by atoms with Crippen LogP contribution in [0.1, 0.15) is 24.8 Å². The molecule has 0 aromatic heterocycles. The normalized spacial score (nSPS) is 13.9. The van der Waals surface area contributed by atoms with Crippen LogP contribution in [0.25, 0.3) is 0 Å². The van der Waals surface area contributed by atoms with Crippen molar-refractivity contribution >= 4 is 54.0 Å². The summed E-state index contributed by atoms with van der Waals surface area (Å²) in [5.74, 6) is -2.65. The summed E-state index contributed by atoms with van der Waals surface area (Å²) in [6, 6.07) is 5.08. The highest BCUT2D eigenvalue weighted by Crippen LogP contribution is 2.06. The first kappa shape index (κ1) is 32.1. The van der Waals surface area contributed by atoms with Crippen LogP contribution < -0.4 is 33.2 Å². The number of guanidine groups is 1. The summed E-state index contributed by atoms with van der Waals surface area (Å²) in [5, 5.41) is 17.1. The number of aliphatic imine (C=N–C) groups is 1. The molecule has 3 amide bonds. The summed E-state index contributed by atoms with van der Waals surface area (Å²) in [6.45, 7) is 0.213. The van der Waals surface area contributed by atoms with Gasteiger partial charge in [0, 0.05) is 12.3 Å². The minimum absolute atomic E-state index is 0.0327. The molecule has 14 heteroatoms. The van der Waals surface area contributed by atoms with E-state index < -0.39 is 47.9 Å². The highest BCUT2D eigenvalue weighted by molar-refractivity contribution is 7.98. The van der Waals surface area contributed by atoms with E-state index in [1.54, 1.807) is 0 Å². The number of thioether (sulfide) groups is 1. The Bertz CT molecular complexity index is 916. The Morgan fingerprint density at radius 2 is 1.57 bits per heavy atom. The molecule has 12 nitrogen and oxygen atoms in total. The van der Waals surface area contributed by atoms with Crippen molar-refractivity contribution in [3.8, 4) is 0 Å². The molecule has 10 N–H and O–H groups in total. The lowest BCUT2D eigenvalue weighted by Gasteiger charge is -2.24. The summed E-state index contributed by atoms with van der Waals surface area (Å²) in [4.78, 5) is 53.8. The van der Waals surface area contributed by atoms with Crippen molar-refractivity contribution in [2.45, 2.75) is 49.9 Å². The second-order valence-corrected chi connectivity index (χ2v) is 9.58. The third-order valence-electron chi connectivity index (χ3n) is 5.25. The summed E-state index contributed by atoms with van der Waals surface area (Å²) >= 11 is 5.62. The number of thiol groups is 1. The molecule has 0 spiro atoms. The summed E-state index contributed by atoms with van der Waals surface area (Å²) in [5.41, 5.74) is 17.4. The van der Waals surface area contributed by atoms with E-state index in [0.717, 1.165) is 5.56 Å². The molecule has 0 radical (unpaired) electrons. The first-order valence-electron chi connectivity index (χ1n) is 11.7. The van der Waals surface area contributed by atoms with Gasteiger partial charge in [0.15, 0.2) is 5.96 Å². The lowest BCUT2D eigenvalue weighted by molar-refractivity contribution is -0.142. The quantitative estimate of drug-likeness (QED) is 0.0502. The van der Waals surface area contributed by atoms with Crippen LogP contribution in [-0.2, 0) is 25.6 Å². The van der Waals surface area contributed by atoms with Crippen molar-refractivity contribution in [2.75, 3.05) is 24.3 Å². The number of hydrogen-bond acceptors (Lipinski definition) is 8. The molecular formula is C23H37N7O5S2. The van der Waals surface area contributed by atoms with Gasteiger partial charge in [-0.2, -0.15) is 24.4 Å². The Balaban J connectivity index is 2.79. The van der Waals surface area contributed by atoms with Gasteiger partial charge in [0.2, 0.25) is 17.7 Å². The smallest absolute Gasteiger partial charge is 0.326 e. The van der Waals surface area contributed by atoms with Crippen LogP contribution in [0.3, 0.4) is 0 Å². The van der Waals surface area contributed by atoms with Crippen molar-refractivity contribution in [3.05, 3.63) is 35.9 Å². The zero-order valence-corrected chi connectivity index (χ0v) is 22.5. The number of carbonyl (C=O) groups excluding carboxylic acids is 3. The maximum absolute atomic E-state index is 12.9. The number of nitrogens with one attached hydrogen (secondary N) is 3. The highest BCUT2D eigenvalue weighted by Gasteiger charge is 2.29. The minimum atomic E-state index is -1.22. The fraction of sp³-hybridized carbons (Fsp3) is 0.522. The predicted molar refractivity (Wildman–Crippen MR) is 148 cm³/mol. The zero-order chi connectivity index (χ0) is 27.8. The van der Waals surface area contributed by atoms with Crippen molar-refractivity contribution in [1.29, 1.82) is 0 Å². The SMILES string of the molecule is CSCCC(NC(=O)C(CS)NC(=O)C(N)Cc1ccccc1)C(=O)NC(CCCN=C(N)N)C(=O)O. The van der Waals surface area contributed by atoms with Gasteiger partial charge in [-0.1, -0.05) is 30.3 Å². The molecule has 0 aliphatic rings. The number of carboxylic acid groups (broad SMARTS) is 1. The van der Waals surface area contributed by atoms with Crippen LogP contribution in [0.4, 0.5) is 0 Å². The number of nitrogens with zero attached hydrogens (tertiary/aromatic N) is 1. The Kier molecular flexibility index (Phi) is 15.1. The van der Waals surface area contributed by atoms with E-state index in [2.05, 4.69) is 33.6 Å². The number of nitrogens with two attached hydrogens (primary N) is 3. The number of carbonyl (C=O) groups is 4. The first-order chi connectivity index (χ1) is 17.6. The van der Waals surface area contributed by atoms with E-state index in [4.69, 9.17) is 17.2 Å². The molecular weight excluding hydrogens is 518 g/mol. The van der Waals surface area contributed by atoms with Crippen molar-refractivity contribution in [1.82, 2.24) is 16.0 Å². The van der Waals surface area contributed by atoms with Gasteiger partial charge in [0.05, 0.1) is 6.04 Å². The number of carboxylic acids is 1. The topological polar surface area (TPSA) is 215 Å². The van der Waals surface area contributed by atoms with E-state index >= 15 is 0 Å². The van der Waals surface area contributed by atoms with Gasteiger partial charge in [-0.3, -0.25) is 19.4 Å². The number of rotatable bonds is 17. The van der Waals surface area contributed by atoms with Crippen LogP contribution >= 0.6 is 24.4 Å². The molecule has 1 aromatic rings. The molecule has 37 heavy (non-hydrogen) atoms.